The minimum atomic E-state index is -0.528. The standard InChI is InChI=1S/C18H23NO4/c1-12(2)23-11-7-10-19-16(14-8-5-4-6-9-14)15(13(3)20)17(21)18(19)22/h4-6,8-9,12,16,21H,7,10-11H2,1-3H3/t16-/m1/s1. The molecule has 1 amide bonds. The van der Waals surface area contributed by atoms with Gasteiger partial charge < -0.3 is 14.7 Å². The molecule has 0 aliphatic carbocycles. The molecule has 1 heterocycles. The molecular formula is C18H23NO4. The van der Waals surface area contributed by atoms with Crippen LogP contribution < -0.4 is 0 Å². The summed E-state index contributed by atoms with van der Waals surface area (Å²) in [5.41, 5.74) is 0.992. The second-order valence-electron chi connectivity index (χ2n) is 5.90. The zero-order chi connectivity index (χ0) is 17.0. The van der Waals surface area contributed by atoms with E-state index in [2.05, 4.69) is 0 Å². The van der Waals surface area contributed by atoms with Crippen molar-refractivity contribution in [2.45, 2.75) is 39.3 Å². The molecule has 1 aliphatic rings. The summed E-state index contributed by atoms with van der Waals surface area (Å²) >= 11 is 0. The Hall–Kier alpha value is -2.14. The molecule has 0 saturated carbocycles. The second-order valence-corrected chi connectivity index (χ2v) is 5.90. The van der Waals surface area contributed by atoms with Crippen molar-refractivity contribution in [1.29, 1.82) is 0 Å². The third kappa shape index (κ3) is 3.79. The van der Waals surface area contributed by atoms with E-state index in [0.717, 1.165) is 5.56 Å². The third-order valence-electron chi connectivity index (χ3n) is 3.79. The fourth-order valence-corrected chi connectivity index (χ4v) is 2.78. The Balaban J connectivity index is 2.23. The molecule has 0 fully saturated rings. The lowest BCUT2D eigenvalue weighted by molar-refractivity contribution is -0.129. The van der Waals surface area contributed by atoms with Crippen molar-refractivity contribution in [3.63, 3.8) is 0 Å². The number of nitrogens with zero attached hydrogens (tertiary/aromatic N) is 1. The molecule has 5 heteroatoms. The summed E-state index contributed by atoms with van der Waals surface area (Å²) in [6.45, 7) is 6.23. The number of ether oxygens (including phenoxy) is 1. The van der Waals surface area contributed by atoms with E-state index in [9.17, 15) is 14.7 Å². The maximum absolute atomic E-state index is 12.4. The quantitative estimate of drug-likeness (QED) is 0.785. The van der Waals surface area contributed by atoms with Crippen molar-refractivity contribution in [1.82, 2.24) is 4.90 Å². The molecule has 23 heavy (non-hydrogen) atoms. The van der Waals surface area contributed by atoms with E-state index in [1.54, 1.807) is 4.90 Å². The first-order valence-corrected chi connectivity index (χ1v) is 7.85. The summed E-state index contributed by atoms with van der Waals surface area (Å²) in [4.78, 5) is 25.8. The van der Waals surface area contributed by atoms with Gasteiger partial charge in [-0.3, -0.25) is 9.59 Å². The maximum Gasteiger partial charge on any atom is 0.290 e. The maximum atomic E-state index is 12.4. The molecule has 1 aromatic carbocycles. The molecule has 0 bridgehead atoms. The van der Waals surface area contributed by atoms with Crippen LogP contribution in [0.2, 0.25) is 0 Å². The van der Waals surface area contributed by atoms with Crippen LogP contribution in [0, 0.1) is 0 Å². The van der Waals surface area contributed by atoms with Crippen LogP contribution in [0.3, 0.4) is 0 Å². The molecule has 5 nitrogen and oxygen atoms in total. The fourth-order valence-electron chi connectivity index (χ4n) is 2.78. The summed E-state index contributed by atoms with van der Waals surface area (Å²) in [5, 5.41) is 10.1. The van der Waals surface area contributed by atoms with Crippen LogP contribution >= 0.6 is 0 Å². The average Bonchev–Trinajstić information content (AvgIpc) is 2.77. The number of carbonyl (C=O) groups is 2. The van der Waals surface area contributed by atoms with Gasteiger partial charge in [-0.15, -0.1) is 0 Å². The highest BCUT2D eigenvalue weighted by Crippen LogP contribution is 2.37. The molecule has 1 atom stereocenters. The predicted octanol–water partition coefficient (Wildman–Crippen LogP) is 2.79. The Morgan fingerprint density at radius 2 is 1.96 bits per heavy atom. The number of aliphatic hydroxyl groups is 1. The Morgan fingerprint density at radius 3 is 2.52 bits per heavy atom. The van der Waals surface area contributed by atoms with Gasteiger partial charge in [-0.1, -0.05) is 30.3 Å². The molecule has 124 valence electrons. The summed E-state index contributed by atoms with van der Waals surface area (Å²) < 4.78 is 5.50. The van der Waals surface area contributed by atoms with E-state index in [1.165, 1.54) is 6.92 Å². The Kier molecular flexibility index (Phi) is 5.55. The highest BCUT2D eigenvalue weighted by molar-refractivity contribution is 6.08. The first-order chi connectivity index (χ1) is 10.9. The number of aliphatic hydroxyl groups excluding tert-OH is 1. The predicted molar refractivity (Wildman–Crippen MR) is 86.9 cm³/mol. The van der Waals surface area contributed by atoms with Gasteiger partial charge in [0.15, 0.2) is 11.5 Å². The molecular weight excluding hydrogens is 294 g/mol. The Bertz CT molecular complexity index is 607. The van der Waals surface area contributed by atoms with Crippen LogP contribution in [0.5, 0.6) is 0 Å². The van der Waals surface area contributed by atoms with Crippen LogP contribution in [0.25, 0.3) is 0 Å². The smallest absolute Gasteiger partial charge is 0.290 e. The van der Waals surface area contributed by atoms with E-state index in [1.807, 2.05) is 44.2 Å². The van der Waals surface area contributed by atoms with Crippen LogP contribution in [-0.2, 0) is 14.3 Å². The largest absolute Gasteiger partial charge is 0.503 e. The van der Waals surface area contributed by atoms with Crippen LogP contribution in [0.1, 0.15) is 38.8 Å². The minimum Gasteiger partial charge on any atom is -0.503 e. The number of carbonyl (C=O) groups excluding carboxylic acids is 2. The SMILES string of the molecule is CC(=O)C1=C(O)C(=O)N(CCCOC(C)C)[C@@H]1c1ccccc1. The van der Waals surface area contributed by atoms with E-state index in [4.69, 9.17) is 4.74 Å². The van der Waals surface area contributed by atoms with Crippen LogP contribution in [-0.4, -0.2) is 41.0 Å². The number of rotatable bonds is 7. The van der Waals surface area contributed by atoms with Gasteiger partial charge in [0.1, 0.15) is 0 Å². The van der Waals surface area contributed by atoms with Gasteiger partial charge >= 0.3 is 0 Å². The van der Waals surface area contributed by atoms with E-state index < -0.39 is 17.7 Å². The third-order valence-corrected chi connectivity index (χ3v) is 3.79. The number of ketones is 1. The second kappa shape index (κ2) is 7.42. The molecule has 1 aromatic rings. The van der Waals surface area contributed by atoms with Gasteiger partial charge in [-0.05, 0) is 32.8 Å². The number of benzene rings is 1. The molecule has 0 aromatic heterocycles. The van der Waals surface area contributed by atoms with Crippen molar-refractivity contribution in [3.8, 4) is 0 Å². The highest BCUT2D eigenvalue weighted by atomic mass is 16.5. The van der Waals surface area contributed by atoms with Crippen molar-refractivity contribution in [2.24, 2.45) is 0 Å². The first-order valence-electron chi connectivity index (χ1n) is 7.85. The van der Waals surface area contributed by atoms with Crippen molar-refractivity contribution >= 4 is 11.7 Å². The lowest BCUT2D eigenvalue weighted by atomic mass is 9.97. The number of amides is 1. The molecule has 0 radical (unpaired) electrons. The van der Waals surface area contributed by atoms with E-state index >= 15 is 0 Å². The Morgan fingerprint density at radius 1 is 1.30 bits per heavy atom. The monoisotopic (exact) mass is 317 g/mol. The van der Waals surface area contributed by atoms with Gasteiger partial charge in [-0.25, -0.2) is 0 Å². The topological polar surface area (TPSA) is 66.8 Å². The normalized spacial score (nSPS) is 18.2. The van der Waals surface area contributed by atoms with E-state index in [0.29, 0.717) is 19.6 Å². The van der Waals surface area contributed by atoms with Gasteiger partial charge in [0.2, 0.25) is 0 Å². The lowest BCUT2D eigenvalue weighted by Gasteiger charge is -2.26. The number of hydrogen-bond donors (Lipinski definition) is 1. The van der Waals surface area contributed by atoms with Crippen molar-refractivity contribution in [3.05, 3.63) is 47.2 Å². The summed E-state index contributed by atoms with van der Waals surface area (Å²) in [7, 11) is 0. The van der Waals surface area contributed by atoms with Crippen molar-refractivity contribution in [2.75, 3.05) is 13.2 Å². The summed E-state index contributed by atoms with van der Waals surface area (Å²) in [6, 6.07) is 8.77. The fraction of sp³-hybridized carbons (Fsp3) is 0.444. The molecule has 0 saturated heterocycles. The number of Topliss-reactive ketones (excluding diaryl/α,β-unsaturated/α-hetero) is 1. The summed E-state index contributed by atoms with van der Waals surface area (Å²) in [5.74, 6) is -1.21. The zero-order valence-corrected chi connectivity index (χ0v) is 13.8. The van der Waals surface area contributed by atoms with Crippen molar-refractivity contribution < 1.29 is 19.4 Å². The lowest BCUT2D eigenvalue weighted by Crippen LogP contribution is -2.32. The Labute approximate surface area is 136 Å². The highest BCUT2D eigenvalue weighted by Gasteiger charge is 2.41. The van der Waals surface area contributed by atoms with Crippen LogP contribution in [0.4, 0.5) is 0 Å². The molecule has 0 spiro atoms. The average molecular weight is 317 g/mol. The van der Waals surface area contributed by atoms with Gasteiger partial charge in [0, 0.05) is 13.2 Å². The zero-order valence-electron chi connectivity index (χ0n) is 13.8. The summed E-state index contributed by atoms with van der Waals surface area (Å²) in [6.07, 6.45) is 0.777. The van der Waals surface area contributed by atoms with Crippen LogP contribution in [0.15, 0.2) is 41.7 Å². The molecule has 1 N–H and O–H groups in total. The molecule has 2 rings (SSSR count). The molecule has 1 aliphatic heterocycles. The van der Waals surface area contributed by atoms with E-state index in [-0.39, 0.29) is 17.5 Å². The molecule has 0 unspecified atom stereocenters. The first kappa shape index (κ1) is 17.2. The van der Waals surface area contributed by atoms with Gasteiger partial charge in [-0.2, -0.15) is 0 Å². The van der Waals surface area contributed by atoms with Gasteiger partial charge in [0.25, 0.3) is 5.91 Å². The van der Waals surface area contributed by atoms with Gasteiger partial charge in [0.05, 0.1) is 17.7 Å². The number of hydrogen-bond acceptors (Lipinski definition) is 4. The minimum absolute atomic E-state index is 0.133.